The number of hydrogen-bond acceptors (Lipinski definition) is 2. The number of pyridine rings is 1. The highest BCUT2D eigenvalue weighted by Gasteiger charge is 2.22. The number of nitrogens with one attached hydrogen (secondary N) is 1. The second-order valence-electron chi connectivity index (χ2n) is 6.76. The molecule has 0 bridgehead atoms. The van der Waals surface area contributed by atoms with E-state index in [0.717, 1.165) is 41.0 Å². The molecule has 0 aliphatic heterocycles. The summed E-state index contributed by atoms with van der Waals surface area (Å²) in [6.07, 6.45) is 7.65. The fourth-order valence-corrected chi connectivity index (χ4v) is 2.88. The van der Waals surface area contributed by atoms with Crippen LogP contribution in [-0.4, -0.2) is 21.3 Å². The number of fused-ring (bicyclic) bond motifs is 1. The normalized spacial score (nSPS) is 14.3. The Kier molecular flexibility index (Phi) is 3.88. The van der Waals surface area contributed by atoms with Crippen LogP contribution < -0.4 is 5.32 Å². The molecule has 2 aromatic heterocycles. The zero-order chi connectivity index (χ0) is 17.4. The summed E-state index contributed by atoms with van der Waals surface area (Å²) in [5, 5.41) is 2.98. The Morgan fingerprint density at radius 2 is 1.92 bits per heavy atom. The molecule has 1 N–H and O–H groups in total. The number of aryl methyl sites for hydroxylation is 2. The Hall–Kier alpha value is -2.88. The van der Waals surface area contributed by atoms with Gasteiger partial charge in [-0.1, -0.05) is 29.8 Å². The summed E-state index contributed by atoms with van der Waals surface area (Å²) in [4.78, 5) is 16.8. The van der Waals surface area contributed by atoms with Crippen molar-refractivity contribution in [1.29, 1.82) is 0 Å². The third kappa shape index (κ3) is 3.33. The van der Waals surface area contributed by atoms with E-state index in [2.05, 4.69) is 55.6 Å². The molecule has 1 aliphatic carbocycles. The number of rotatable bonds is 4. The Bertz CT molecular complexity index is 963. The second kappa shape index (κ2) is 6.20. The summed E-state index contributed by atoms with van der Waals surface area (Å²) in [7, 11) is 0. The standard InChI is InChI=1S/C21H21N3O/c1-14-3-5-16(6-4-14)21-18(9-10-20(25)22-17-7-8-17)24-12-11-15(2)13-19(24)23-21/h3-6,9-13,17H,7-8H2,1-2H3,(H,22,25)/b10-9+. The van der Waals surface area contributed by atoms with Crippen LogP contribution in [0.2, 0.25) is 0 Å². The zero-order valence-electron chi connectivity index (χ0n) is 14.5. The van der Waals surface area contributed by atoms with Crippen molar-refractivity contribution in [2.75, 3.05) is 0 Å². The molecule has 1 aliphatic rings. The van der Waals surface area contributed by atoms with Crippen LogP contribution in [-0.2, 0) is 4.79 Å². The molecule has 4 rings (SSSR count). The predicted octanol–water partition coefficient (Wildman–Crippen LogP) is 3.91. The van der Waals surface area contributed by atoms with Gasteiger partial charge >= 0.3 is 0 Å². The van der Waals surface area contributed by atoms with Gasteiger partial charge in [0.15, 0.2) is 0 Å². The molecule has 4 nitrogen and oxygen atoms in total. The van der Waals surface area contributed by atoms with E-state index in [1.54, 1.807) is 6.08 Å². The maximum absolute atomic E-state index is 12.0. The van der Waals surface area contributed by atoms with Crippen LogP contribution >= 0.6 is 0 Å². The van der Waals surface area contributed by atoms with Crippen molar-refractivity contribution in [2.24, 2.45) is 0 Å². The summed E-state index contributed by atoms with van der Waals surface area (Å²) >= 11 is 0. The minimum atomic E-state index is -0.0422. The first-order valence-electron chi connectivity index (χ1n) is 8.64. The highest BCUT2D eigenvalue weighted by atomic mass is 16.1. The third-order valence-electron chi connectivity index (χ3n) is 4.46. The molecule has 0 spiro atoms. The highest BCUT2D eigenvalue weighted by Crippen LogP contribution is 2.26. The van der Waals surface area contributed by atoms with Crippen molar-refractivity contribution in [1.82, 2.24) is 14.7 Å². The number of amides is 1. The first-order valence-corrected chi connectivity index (χ1v) is 8.64. The van der Waals surface area contributed by atoms with E-state index < -0.39 is 0 Å². The third-order valence-corrected chi connectivity index (χ3v) is 4.46. The molecule has 1 amide bonds. The minimum absolute atomic E-state index is 0.0422. The SMILES string of the molecule is Cc1ccc(-c2nc3cc(C)ccn3c2/C=C/C(=O)NC2CC2)cc1. The van der Waals surface area contributed by atoms with E-state index in [4.69, 9.17) is 4.98 Å². The van der Waals surface area contributed by atoms with Crippen LogP contribution in [0.3, 0.4) is 0 Å². The van der Waals surface area contributed by atoms with Gasteiger partial charge in [-0.05, 0) is 50.5 Å². The molecule has 4 heteroatoms. The van der Waals surface area contributed by atoms with Crippen molar-refractivity contribution >= 4 is 17.6 Å². The van der Waals surface area contributed by atoms with Crippen molar-refractivity contribution in [3.05, 3.63) is 65.5 Å². The summed E-state index contributed by atoms with van der Waals surface area (Å²) in [6.45, 7) is 4.12. The molecule has 1 saturated carbocycles. The number of benzene rings is 1. The van der Waals surface area contributed by atoms with Gasteiger partial charge in [0.1, 0.15) is 5.65 Å². The number of nitrogens with zero attached hydrogens (tertiary/aromatic N) is 2. The zero-order valence-corrected chi connectivity index (χ0v) is 14.5. The molecule has 0 unspecified atom stereocenters. The Morgan fingerprint density at radius 3 is 2.64 bits per heavy atom. The summed E-state index contributed by atoms with van der Waals surface area (Å²) < 4.78 is 2.03. The van der Waals surface area contributed by atoms with Gasteiger partial charge in [-0.25, -0.2) is 4.98 Å². The van der Waals surface area contributed by atoms with Crippen LogP contribution in [0.25, 0.3) is 23.0 Å². The molecule has 0 radical (unpaired) electrons. The Balaban J connectivity index is 1.78. The molecule has 0 saturated heterocycles. The Labute approximate surface area is 147 Å². The number of imidazole rings is 1. The lowest BCUT2D eigenvalue weighted by Crippen LogP contribution is -2.22. The summed E-state index contributed by atoms with van der Waals surface area (Å²) in [5.74, 6) is -0.0422. The van der Waals surface area contributed by atoms with E-state index in [0.29, 0.717) is 6.04 Å². The maximum atomic E-state index is 12.0. The van der Waals surface area contributed by atoms with Gasteiger partial charge in [0.25, 0.3) is 0 Å². The maximum Gasteiger partial charge on any atom is 0.244 e. The van der Waals surface area contributed by atoms with Crippen LogP contribution in [0.1, 0.15) is 29.7 Å². The van der Waals surface area contributed by atoms with Crippen molar-refractivity contribution in [3.63, 3.8) is 0 Å². The number of carbonyl (C=O) groups is 1. The highest BCUT2D eigenvalue weighted by molar-refractivity contribution is 5.93. The predicted molar refractivity (Wildman–Crippen MR) is 100 cm³/mol. The van der Waals surface area contributed by atoms with Crippen LogP contribution in [0.5, 0.6) is 0 Å². The van der Waals surface area contributed by atoms with E-state index in [1.165, 1.54) is 5.56 Å². The van der Waals surface area contributed by atoms with Gasteiger partial charge in [0.05, 0.1) is 11.4 Å². The van der Waals surface area contributed by atoms with Gasteiger partial charge in [-0.3, -0.25) is 9.20 Å². The molecular formula is C21H21N3O. The molecule has 25 heavy (non-hydrogen) atoms. The molecule has 0 atom stereocenters. The van der Waals surface area contributed by atoms with Crippen molar-refractivity contribution < 1.29 is 4.79 Å². The van der Waals surface area contributed by atoms with Gasteiger partial charge in [0.2, 0.25) is 5.91 Å². The van der Waals surface area contributed by atoms with Crippen LogP contribution in [0.4, 0.5) is 0 Å². The molecule has 3 aromatic rings. The van der Waals surface area contributed by atoms with Crippen molar-refractivity contribution in [2.45, 2.75) is 32.7 Å². The van der Waals surface area contributed by atoms with Gasteiger partial charge in [-0.15, -0.1) is 0 Å². The molecule has 126 valence electrons. The van der Waals surface area contributed by atoms with Crippen LogP contribution in [0.15, 0.2) is 48.7 Å². The first-order chi connectivity index (χ1) is 12.1. The monoisotopic (exact) mass is 331 g/mol. The average molecular weight is 331 g/mol. The lowest BCUT2D eigenvalue weighted by molar-refractivity contribution is -0.116. The first kappa shape index (κ1) is 15.6. The number of hydrogen-bond donors (Lipinski definition) is 1. The summed E-state index contributed by atoms with van der Waals surface area (Å²) in [5.41, 5.74) is 6.12. The lowest BCUT2D eigenvalue weighted by atomic mass is 10.1. The molecule has 2 heterocycles. The van der Waals surface area contributed by atoms with Gasteiger partial charge in [-0.2, -0.15) is 0 Å². The second-order valence-corrected chi connectivity index (χ2v) is 6.76. The van der Waals surface area contributed by atoms with E-state index in [1.807, 2.05) is 16.7 Å². The van der Waals surface area contributed by atoms with E-state index >= 15 is 0 Å². The molecule has 1 aromatic carbocycles. The van der Waals surface area contributed by atoms with E-state index in [9.17, 15) is 4.79 Å². The quantitative estimate of drug-likeness (QED) is 0.737. The lowest BCUT2D eigenvalue weighted by Gasteiger charge is -2.02. The number of aromatic nitrogens is 2. The number of carbonyl (C=O) groups excluding carboxylic acids is 1. The Morgan fingerprint density at radius 1 is 1.16 bits per heavy atom. The molecular weight excluding hydrogens is 310 g/mol. The average Bonchev–Trinajstić information content (AvgIpc) is 3.33. The topological polar surface area (TPSA) is 46.4 Å². The smallest absolute Gasteiger partial charge is 0.244 e. The van der Waals surface area contributed by atoms with Crippen molar-refractivity contribution in [3.8, 4) is 11.3 Å². The minimum Gasteiger partial charge on any atom is -0.350 e. The fraction of sp³-hybridized carbons (Fsp3) is 0.238. The van der Waals surface area contributed by atoms with Gasteiger partial charge < -0.3 is 5.32 Å². The molecule has 1 fully saturated rings. The van der Waals surface area contributed by atoms with Gasteiger partial charge in [0, 0.05) is 23.9 Å². The summed E-state index contributed by atoms with van der Waals surface area (Å²) in [6, 6.07) is 12.8. The van der Waals surface area contributed by atoms with E-state index in [-0.39, 0.29) is 5.91 Å². The van der Waals surface area contributed by atoms with Crippen LogP contribution in [0, 0.1) is 13.8 Å². The largest absolute Gasteiger partial charge is 0.350 e. The fourth-order valence-electron chi connectivity index (χ4n) is 2.88.